The highest BCUT2D eigenvalue weighted by Gasteiger charge is 2.25. The van der Waals surface area contributed by atoms with Gasteiger partial charge in [0.25, 0.3) is 20.0 Å². The molecule has 298 valence electrons. The van der Waals surface area contributed by atoms with Gasteiger partial charge >= 0.3 is 0 Å². The fraction of sp³-hybridized carbons (Fsp3) is 0.295. The zero-order valence-electron chi connectivity index (χ0n) is 33.0. The first-order valence-electron chi connectivity index (χ1n) is 19.2. The number of Topliss-reactive ketones (excluding diaryl/α,β-unsaturated/α-hetero) is 1. The normalized spacial score (nSPS) is 12.1. The van der Waals surface area contributed by atoms with Gasteiger partial charge in [0.1, 0.15) is 11.6 Å². The molecule has 0 aliphatic carbocycles. The van der Waals surface area contributed by atoms with Gasteiger partial charge in [0.15, 0.2) is 5.78 Å². The topological polar surface area (TPSA) is 127 Å². The molecule has 0 unspecified atom stereocenters. The number of ketones is 1. The molecule has 13 heteroatoms. The van der Waals surface area contributed by atoms with Crippen molar-refractivity contribution in [3.63, 3.8) is 0 Å². The van der Waals surface area contributed by atoms with Crippen molar-refractivity contribution in [2.45, 2.75) is 82.9 Å². The first-order valence-corrected chi connectivity index (χ1v) is 22.1. The standard InChI is InChI=1S/C44H50N6O5S2/c1-5-25-47(26-6-2)30-37-13-11-36(12-14-37)29-42(51)39-17-15-38(16-18-39)31-48(32-43-45-23-27-49(43)56(52,53)40-19-7-34(3)8-20-40)33-44-46-24-28-50(44)57(54,55)41-21-9-35(4)10-22-41/h7-24,27-28H,5-6,25-26,29-33H2,1-4H3. The van der Waals surface area contributed by atoms with Gasteiger partial charge < -0.3 is 0 Å². The summed E-state index contributed by atoms with van der Waals surface area (Å²) in [6.45, 7) is 11.5. The molecular weight excluding hydrogens is 757 g/mol. The average molecular weight is 807 g/mol. The Morgan fingerprint density at radius 3 is 1.39 bits per heavy atom. The zero-order valence-corrected chi connectivity index (χ0v) is 34.6. The molecule has 2 aromatic heterocycles. The van der Waals surface area contributed by atoms with Crippen molar-refractivity contribution >= 4 is 25.8 Å². The summed E-state index contributed by atoms with van der Waals surface area (Å²) in [5, 5.41) is 0. The SMILES string of the molecule is CCCN(CCC)Cc1ccc(CC(=O)c2ccc(CN(Cc3nccn3S(=O)(=O)c3ccc(C)cc3)Cc3nccn3S(=O)(=O)c3ccc(C)cc3)cc2)cc1. The monoisotopic (exact) mass is 806 g/mol. The van der Waals surface area contributed by atoms with Gasteiger partial charge in [-0.05, 0) is 80.7 Å². The molecule has 0 bridgehead atoms. The maximum atomic E-state index is 13.8. The lowest BCUT2D eigenvalue weighted by atomic mass is 10.0. The summed E-state index contributed by atoms with van der Waals surface area (Å²) in [5.41, 5.74) is 5.45. The highest BCUT2D eigenvalue weighted by atomic mass is 32.2. The summed E-state index contributed by atoms with van der Waals surface area (Å²) in [7, 11) is -7.95. The fourth-order valence-electron chi connectivity index (χ4n) is 6.78. The van der Waals surface area contributed by atoms with Crippen LogP contribution in [0.5, 0.6) is 0 Å². The van der Waals surface area contributed by atoms with Crippen molar-refractivity contribution < 1.29 is 21.6 Å². The molecule has 0 fully saturated rings. The number of imidazole rings is 2. The van der Waals surface area contributed by atoms with E-state index in [4.69, 9.17) is 0 Å². The number of aromatic nitrogens is 4. The van der Waals surface area contributed by atoms with Crippen LogP contribution in [0.25, 0.3) is 0 Å². The lowest BCUT2D eigenvalue weighted by molar-refractivity contribution is 0.0993. The van der Waals surface area contributed by atoms with Crippen molar-refractivity contribution in [2.75, 3.05) is 13.1 Å². The molecule has 2 heterocycles. The van der Waals surface area contributed by atoms with Crippen LogP contribution in [-0.4, -0.2) is 63.4 Å². The van der Waals surface area contributed by atoms with E-state index < -0.39 is 20.0 Å². The van der Waals surface area contributed by atoms with Gasteiger partial charge in [0.05, 0.1) is 22.9 Å². The molecule has 11 nitrogen and oxygen atoms in total. The lowest BCUT2D eigenvalue weighted by Crippen LogP contribution is -2.28. The molecule has 0 saturated heterocycles. The Kier molecular flexibility index (Phi) is 13.4. The number of nitrogens with zero attached hydrogens (tertiary/aromatic N) is 6. The predicted octanol–water partition coefficient (Wildman–Crippen LogP) is 7.42. The van der Waals surface area contributed by atoms with Crippen LogP contribution in [0.1, 0.15) is 76.5 Å². The minimum absolute atomic E-state index is 0.00331. The average Bonchev–Trinajstić information content (AvgIpc) is 3.87. The van der Waals surface area contributed by atoms with Gasteiger partial charge in [-0.2, -0.15) is 0 Å². The van der Waals surface area contributed by atoms with Crippen molar-refractivity contribution in [3.05, 3.63) is 167 Å². The van der Waals surface area contributed by atoms with Crippen LogP contribution >= 0.6 is 0 Å². The van der Waals surface area contributed by atoms with Gasteiger partial charge in [-0.15, -0.1) is 0 Å². The van der Waals surface area contributed by atoms with Crippen LogP contribution in [0.15, 0.2) is 132 Å². The summed E-state index contributed by atoms with van der Waals surface area (Å²) < 4.78 is 57.4. The molecular formula is C44H50N6O5S2. The smallest absolute Gasteiger partial charge is 0.269 e. The third-order valence-corrected chi connectivity index (χ3v) is 13.2. The summed E-state index contributed by atoms with van der Waals surface area (Å²) in [5.74, 6) is 0.490. The highest BCUT2D eigenvalue weighted by Crippen LogP contribution is 2.22. The molecule has 0 atom stereocenters. The summed E-state index contributed by atoms with van der Waals surface area (Å²) >= 11 is 0. The maximum Gasteiger partial charge on any atom is 0.269 e. The van der Waals surface area contributed by atoms with Gasteiger partial charge in [-0.25, -0.2) is 34.7 Å². The largest absolute Gasteiger partial charge is 0.299 e. The maximum absolute atomic E-state index is 13.8. The van der Waals surface area contributed by atoms with E-state index in [2.05, 4.69) is 40.8 Å². The van der Waals surface area contributed by atoms with Crippen LogP contribution in [-0.2, 0) is 52.6 Å². The second-order valence-corrected chi connectivity index (χ2v) is 18.1. The molecule has 6 rings (SSSR count). The van der Waals surface area contributed by atoms with E-state index in [1.807, 2.05) is 43.0 Å². The third kappa shape index (κ3) is 10.2. The first-order chi connectivity index (χ1) is 27.4. The van der Waals surface area contributed by atoms with E-state index >= 15 is 0 Å². The summed E-state index contributed by atoms with van der Waals surface area (Å²) in [6, 6.07) is 28.8. The Morgan fingerprint density at radius 2 is 0.947 bits per heavy atom. The Morgan fingerprint density at radius 1 is 0.544 bits per heavy atom. The second kappa shape index (κ2) is 18.4. The van der Waals surface area contributed by atoms with Crippen molar-refractivity contribution in [1.82, 2.24) is 27.7 Å². The highest BCUT2D eigenvalue weighted by molar-refractivity contribution is 7.90. The van der Waals surface area contributed by atoms with Crippen molar-refractivity contribution in [2.24, 2.45) is 0 Å². The van der Waals surface area contributed by atoms with Crippen LogP contribution in [0.2, 0.25) is 0 Å². The van der Waals surface area contributed by atoms with E-state index in [1.165, 1.54) is 30.4 Å². The molecule has 6 aromatic rings. The van der Waals surface area contributed by atoms with Gasteiger partial charge in [0.2, 0.25) is 0 Å². The van der Waals surface area contributed by atoms with Gasteiger partial charge in [0, 0.05) is 49.9 Å². The second-order valence-electron chi connectivity index (χ2n) is 14.4. The molecule has 0 spiro atoms. The van der Waals surface area contributed by atoms with E-state index in [-0.39, 0.29) is 53.3 Å². The molecule has 0 amide bonds. The number of hydrogen-bond acceptors (Lipinski definition) is 9. The van der Waals surface area contributed by atoms with Crippen LogP contribution < -0.4 is 0 Å². The number of carbonyl (C=O) groups excluding carboxylic acids is 1. The van der Waals surface area contributed by atoms with Crippen LogP contribution in [0.3, 0.4) is 0 Å². The molecule has 0 N–H and O–H groups in total. The van der Waals surface area contributed by atoms with Crippen molar-refractivity contribution in [3.8, 4) is 0 Å². The minimum atomic E-state index is -3.98. The molecule has 4 aromatic carbocycles. The number of aryl methyl sites for hydroxylation is 2. The third-order valence-electron chi connectivity index (χ3n) is 9.80. The van der Waals surface area contributed by atoms with E-state index in [9.17, 15) is 21.6 Å². The quantitative estimate of drug-likeness (QED) is 0.0769. The van der Waals surface area contributed by atoms with Gasteiger partial charge in [-0.3, -0.25) is 14.6 Å². The number of carbonyl (C=O) groups is 1. The fourth-order valence-corrected chi connectivity index (χ4v) is 9.39. The minimum Gasteiger partial charge on any atom is -0.299 e. The Labute approximate surface area is 336 Å². The van der Waals surface area contributed by atoms with E-state index in [0.717, 1.165) is 62.7 Å². The molecule has 57 heavy (non-hydrogen) atoms. The molecule has 0 aliphatic rings. The molecule has 0 radical (unpaired) electrons. The van der Waals surface area contributed by atoms with E-state index in [1.54, 1.807) is 60.7 Å². The predicted molar refractivity (Wildman–Crippen MR) is 222 cm³/mol. The van der Waals surface area contributed by atoms with E-state index in [0.29, 0.717) is 5.56 Å². The number of rotatable bonds is 19. The van der Waals surface area contributed by atoms with Gasteiger partial charge in [-0.1, -0.05) is 97.8 Å². The van der Waals surface area contributed by atoms with Crippen LogP contribution in [0, 0.1) is 13.8 Å². The van der Waals surface area contributed by atoms with Crippen LogP contribution in [0.4, 0.5) is 0 Å². The zero-order chi connectivity index (χ0) is 40.6. The number of benzene rings is 4. The summed E-state index contributed by atoms with van der Waals surface area (Å²) in [6.07, 6.45) is 8.18. The first kappa shape index (κ1) is 41.4. The Balaban J connectivity index is 1.22. The Bertz CT molecular complexity index is 2350. The molecule has 0 aliphatic heterocycles. The summed E-state index contributed by atoms with van der Waals surface area (Å²) in [4.78, 5) is 26.8. The Hall–Kier alpha value is -5.21. The number of hydrogen-bond donors (Lipinski definition) is 0. The van der Waals surface area contributed by atoms with Crippen molar-refractivity contribution in [1.29, 1.82) is 0 Å². The lowest BCUT2D eigenvalue weighted by Gasteiger charge is -2.23. The molecule has 0 saturated carbocycles.